The molecule has 2 aromatic heterocycles. The molecule has 0 aliphatic carbocycles. The number of hydrogen-bond donors (Lipinski definition) is 3. The Labute approximate surface area is 175 Å². The van der Waals surface area contributed by atoms with Crippen LogP contribution in [0.2, 0.25) is 0 Å². The second-order valence-corrected chi connectivity index (χ2v) is 8.81. The maximum absolute atomic E-state index is 12.8. The molecule has 0 saturated heterocycles. The fourth-order valence-corrected chi connectivity index (χ4v) is 4.87. The number of benzene rings is 1. The van der Waals surface area contributed by atoms with Gasteiger partial charge in [-0.2, -0.15) is 0 Å². The van der Waals surface area contributed by atoms with Crippen molar-refractivity contribution in [2.45, 2.75) is 38.8 Å². The van der Waals surface area contributed by atoms with Gasteiger partial charge in [-0.1, -0.05) is 29.5 Å². The van der Waals surface area contributed by atoms with E-state index < -0.39 is 5.97 Å². The number of nitrogens with zero attached hydrogens (tertiary/aromatic N) is 1. The molecule has 0 saturated carbocycles. The van der Waals surface area contributed by atoms with Crippen LogP contribution >= 0.6 is 23.1 Å². The third kappa shape index (κ3) is 4.86. The number of hydrogen-bond acceptors (Lipinski definition) is 6. The summed E-state index contributed by atoms with van der Waals surface area (Å²) in [4.78, 5) is 44.0. The number of thioether (sulfide) groups is 1. The summed E-state index contributed by atoms with van der Waals surface area (Å²) in [7, 11) is 0. The Morgan fingerprint density at radius 1 is 1.28 bits per heavy atom. The van der Waals surface area contributed by atoms with E-state index in [0.29, 0.717) is 38.0 Å². The van der Waals surface area contributed by atoms with E-state index in [2.05, 4.69) is 15.3 Å². The van der Waals surface area contributed by atoms with Crippen molar-refractivity contribution < 1.29 is 14.7 Å². The lowest BCUT2D eigenvalue weighted by molar-refractivity contribution is -0.137. The molecule has 3 aromatic rings. The zero-order valence-electron chi connectivity index (χ0n) is 16.3. The van der Waals surface area contributed by atoms with Crippen molar-refractivity contribution in [3.05, 3.63) is 50.1 Å². The number of carboxylic acid groups (broad SMARTS) is 1. The van der Waals surface area contributed by atoms with Crippen molar-refractivity contribution in [1.29, 1.82) is 0 Å². The highest BCUT2D eigenvalue weighted by Crippen LogP contribution is 2.29. The fourth-order valence-electron chi connectivity index (χ4n) is 2.93. The minimum Gasteiger partial charge on any atom is -0.481 e. The average molecular weight is 432 g/mol. The number of aromatic nitrogens is 2. The van der Waals surface area contributed by atoms with Gasteiger partial charge >= 0.3 is 5.97 Å². The monoisotopic (exact) mass is 431 g/mol. The molecule has 0 radical (unpaired) electrons. The van der Waals surface area contributed by atoms with Gasteiger partial charge in [-0.15, -0.1) is 11.3 Å². The molecule has 0 atom stereocenters. The lowest BCUT2D eigenvalue weighted by Crippen LogP contribution is -2.13. The Balaban J connectivity index is 1.84. The quantitative estimate of drug-likeness (QED) is 0.295. The molecular formula is C20H21N3O4S2. The summed E-state index contributed by atoms with van der Waals surface area (Å²) in [5.41, 5.74) is 3.11. The summed E-state index contributed by atoms with van der Waals surface area (Å²) < 4.78 is 0. The van der Waals surface area contributed by atoms with Crippen molar-refractivity contribution in [2.24, 2.45) is 0 Å². The molecule has 2 heterocycles. The summed E-state index contributed by atoms with van der Waals surface area (Å²) in [6.07, 6.45) is 0.551. The first kappa shape index (κ1) is 21.1. The van der Waals surface area contributed by atoms with Gasteiger partial charge < -0.3 is 15.4 Å². The van der Waals surface area contributed by atoms with Crippen molar-refractivity contribution in [2.75, 3.05) is 11.1 Å². The zero-order valence-corrected chi connectivity index (χ0v) is 17.9. The maximum Gasteiger partial charge on any atom is 0.303 e. The van der Waals surface area contributed by atoms with E-state index in [-0.39, 0.29) is 17.9 Å². The van der Waals surface area contributed by atoms with Crippen LogP contribution in [-0.4, -0.2) is 32.7 Å². The molecule has 1 amide bonds. The van der Waals surface area contributed by atoms with Crippen LogP contribution in [0.15, 0.2) is 28.2 Å². The number of carboxylic acids is 1. The van der Waals surface area contributed by atoms with E-state index in [0.717, 1.165) is 16.8 Å². The maximum atomic E-state index is 12.8. The third-order valence-corrected chi connectivity index (χ3v) is 6.53. The number of aryl methyl sites for hydroxylation is 3. The number of aromatic amines is 1. The van der Waals surface area contributed by atoms with Gasteiger partial charge in [-0.05, 0) is 44.4 Å². The van der Waals surface area contributed by atoms with Crippen LogP contribution in [0.5, 0.6) is 0 Å². The topological polar surface area (TPSA) is 112 Å². The second-order valence-electron chi connectivity index (χ2n) is 6.73. The Kier molecular flexibility index (Phi) is 6.39. The number of H-pyrrole nitrogens is 1. The van der Waals surface area contributed by atoms with E-state index in [1.165, 1.54) is 23.1 Å². The van der Waals surface area contributed by atoms with Crippen LogP contribution in [0, 0.1) is 20.8 Å². The van der Waals surface area contributed by atoms with Crippen molar-refractivity contribution in [1.82, 2.24) is 9.97 Å². The average Bonchev–Trinajstić information content (AvgIpc) is 2.98. The summed E-state index contributed by atoms with van der Waals surface area (Å²) >= 11 is 2.48. The molecule has 9 heteroatoms. The predicted molar refractivity (Wildman–Crippen MR) is 116 cm³/mol. The first-order chi connectivity index (χ1) is 13.8. The number of nitrogens with one attached hydrogen (secondary N) is 2. The number of rotatable bonds is 7. The molecule has 0 fully saturated rings. The van der Waals surface area contributed by atoms with Crippen LogP contribution in [0.25, 0.3) is 10.2 Å². The highest BCUT2D eigenvalue weighted by molar-refractivity contribution is 7.99. The van der Waals surface area contributed by atoms with E-state index >= 15 is 0 Å². The van der Waals surface area contributed by atoms with Crippen molar-refractivity contribution in [3.8, 4) is 0 Å². The summed E-state index contributed by atoms with van der Waals surface area (Å²) in [6, 6.07) is 5.79. The molecule has 3 N–H and O–H groups in total. The predicted octanol–water partition coefficient (Wildman–Crippen LogP) is 4.12. The highest BCUT2D eigenvalue weighted by Gasteiger charge is 2.20. The van der Waals surface area contributed by atoms with Crippen LogP contribution in [0.3, 0.4) is 0 Å². The van der Waals surface area contributed by atoms with Crippen LogP contribution < -0.4 is 10.9 Å². The molecule has 0 aliphatic rings. The number of anilines is 1. The van der Waals surface area contributed by atoms with Crippen molar-refractivity contribution >= 4 is 50.9 Å². The minimum absolute atomic E-state index is 0.0698. The zero-order chi connectivity index (χ0) is 21.1. The Morgan fingerprint density at radius 2 is 2.03 bits per heavy atom. The van der Waals surface area contributed by atoms with Gasteiger partial charge in [0, 0.05) is 17.9 Å². The third-order valence-electron chi connectivity index (χ3n) is 4.39. The van der Waals surface area contributed by atoms with Crippen LogP contribution in [0.4, 0.5) is 5.69 Å². The molecule has 7 nitrogen and oxygen atoms in total. The lowest BCUT2D eigenvalue weighted by atomic mass is 10.1. The number of carbonyl (C=O) groups excluding carboxylic acids is 1. The minimum atomic E-state index is -0.851. The normalized spacial score (nSPS) is 11.0. The van der Waals surface area contributed by atoms with E-state index in [1.807, 2.05) is 32.0 Å². The van der Waals surface area contributed by atoms with Gasteiger partial charge in [0.15, 0.2) is 5.16 Å². The van der Waals surface area contributed by atoms with Gasteiger partial charge in [0.05, 0.1) is 10.3 Å². The number of aliphatic carboxylic acids is 1. The van der Waals surface area contributed by atoms with Crippen molar-refractivity contribution in [3.63, 3.8) is 0 Å². The first-order valence-corrected chi connectivity index (χ1v) is 10.8. The number of thiophene rings is 1. The van der Waals surface area contributed by atoms with Gasteiger partial charge in [-0.3, -0.25) is 14.4 Å². The Morgan fingerprint density at radius 3 is 2.72 bits per heavy atom. The summed E-state index contributed by atoms with van der Waals surface area (Å²) in [6.45, 7) is 5.66. The molecule has 0 spiro atoms. The van der Waals surface area contributed by atoms with E-state index in [9.17, 15) is 14.4 Å². The fraction of sp³-hybridized carbons (Fsp3) is 0.300. The molecular weight excluding hydrogens is 410 g/mol. The number of amides is 1. The smallest absolute Gasteiger partial charge is 0.303 e. The Bertz CT molecular complexity index is 1150. The first-order valence-electron chi connectivity index (χ1n) is 9.03. The summed E-state index contributed by atoms with van der Waals surface area (Å²) in [5, 5.41) is 12.5. The largest absolute Gasteiger partial charge is 0.481 e. The summed E-state index contributed by atoms with van der Waals surface area (Å²) in [5.74, 6) is -0.589. The molecule has 3 rings (SSSR count). The Hall–Kier alpha value is -2.65. The van der Waals surface area contributed by atoms with Crippen LogP contribution in [-0.2, 0) is 4.79 Å². The SMILES string of the molecule is Cc1ccc(NC(=O)c2sc3nc(SCCCC(=O)O)[nH]c(=O)c3c2C)c(C)c1. The molecule has 1 aromatic carbocycles. The van der Waals surface area contributed by atoms with E-state index in [1.54, 1.807) is 6.92 Å². The van der Waals surface area contributed by atoms with Gasteiger partial charge in [0.1, 0.15) is 4.83 Å². The molecule has 29 heavy (non-hydrogen) atoms. The molecule has 0 bridgehead atoms. The molecule has 0 unspecified atom stereocenters. The second kappa shape index (κ2) is 8.79. The van der Waals surface area contributed by atoms with Gasteiger partial charge in [0.2, 0.25) is 0 Å². The number of carbonyl (C=O) groups is 2. The molecule has 0 aliphatic heterocycles. The molecule has 152 valence electrons. The van der Waals surface area contributed by atoms with Gasteiger partial charge in [-0.25, -0.2) is 4.98 Å². The standard InChI is InChI=1S/C20H21N3O4S2/c1-10-6-7-13(11(2)9-10)21-18(27)16-12(3)15-17(26)22-20(23-19(15)29-16)28-8-4-5-14(24)25/h6-7,9H,4-5,8H2,1-3H3,(H,21,27)(H,24,25)(H,22,23,26). The number of fused-ring (bicyclic) bond motifs is 1. The van der Waals surface area contributed by atoms with E-state index in [4.69, 9.17) is 5.11 Å². The van der Waals surface area contributed by atoms with Crippen LogP contribution in [0.1, 0.15) is 39.2 Å². The highest BCUT2D eigenvalue weighted by atomic mass is 32.2. The lowest BCUT2D eigenvalue weighted by Gasteiger charge is -2.08. The van der Waals surface area contributed by atoms with Gasteiger partial charge in [0.25, 0.3) is 11.5 Å².